The molecule has 4 rings (SSSR count). The van der Waals surface area contributed by atoms with Gasteiger partial charge < -0.3 is 11.1 Å². The van der Waals surface area contributed by atoms with Gasteiger partial charge in [0.2, 0.25) is 5.91 Å². The lowest BCUT2D eigenvalue weighted by Gasteiger charge is -2.64. The Morgan fingerprint density at radius 1 is 1.20 bits per heavy atom. The zero-order valence-electron chi connectivity index (χ0n) is 13.3. The fourth-order valence-corrected chi connectivity index (χ4v) is 6.24. The van der Waals surface area contributed by atoms with Crippen LogP contribution in [0.15, 0.2) is 0 Å². The Balaban J connectivity index is 1.77. The summed E-state index contributed by atoms with van der Waals surface area (Å²) in [6.45, 7) is 8.31. The standard InChI is InChI=1S/C17H30N2O/c1-12(7-18)8-19-14(20)17-6-13-4-15(2,10-17)9-16(3,5-13)11-17/h12-13H,4-11,18H2,1-3H3,(H,19,20). The molecule has 0 spiro atoms. The lowest BCUT2D eigenvalue weighted by Crippen LogP contribution is -2.60. The van der Waals surface area contributed by atoms with Crippen molar-refractivity contribution >= 4 is 5.91 Å². The highest BCUT2D eigenvalue weighted by atomic mass is 16.2. The van der Waals surface area contributed by atoms with Crippen LogP contribution in [0, 0.1) is 28.1 Å². The van der Waals surface area contributed by atoms with Gasteiger partial charge in [-0.2, -0.15) is 0 Å². The quantitative estimate of drug-likeness (QED) is 0.830. The molecule has 0 radical (unpaired) electrons. The first kappa shape index (κ1) is 14.4. The third-order valence-corrected chi connectivity index (χ3v) is 6.12. The van der Waals surface area contributed by atoms with Crippen molar-refractivity contribution in [3.8, 4) is 0 Å². The molecule has 3 nitrogen and oxygen atoms in total. The molecule has 4 saturated carbocycles. The second kappa shape index (κ2) is 4.46. The predicted molar refractivity (Wildman–Crippen MR) is 81.1 cm³/mol. The highest BCUT2D eigenvalue weighted by Crippen LogP contribution is 2.69. The van der Waals surface area contributed by atoms with Crippen molar-refractivity contribution in [2.24, 2.45) is 33.8 Å². The van der Waals surface area contributed by atoms with Crippen LogP contribution < -0.4 is 11.1 Å². The van der Waals surface area contributed by atoms with E-state index in [4.69, 9.17) is 5.73 Å². The minimum Gasteiger partial charge on any atom is -0.355 e. The van der Waals surface area contributed by atoms with Gasteiger partial charge in [0, 0.05) is 6.54 Å². The third kappa shape index (κ3) is 2.28. The van der Waals surface area contributed by atoms with E-state index >= 15 is 0 Å². The second-order valence-corrected chi connectivity index (χ2v) is 8.96. The molecule has 20 heavy (non-hydrogen) atoms. The largest absolute Gasteiger partial charge is 0.355 e. The van der Waals surface area contributed by atoms with Crippen molar-refractivity contribution in [2.45, 2.75) is 59.3 Å². The Labute approximate surface area is 123 Å². The maximum absolute atomic E-state index is 12.8. The summed E-state index contributed by atoms with van der Waals surface area (Å²) in [5.41, 5.74) is 6.40. The summed E-state index contributed by atoms with van der Waals surface area (Å²) in [5.74, 6) is 1.47. The molecule has 3 N–H and O–H groups in total. The SMILES string of the molecule is CC(CN)CNC(=O)C12CC3CC(C)(CC(C)(C3)C1)C2. The molecule has 0 aromatic heterocycles. The van der Waals surface area contributed by atoms with Crippen LogP contribution in [0.5, 0.6) is 0 Å². The number of rotatable bonds is 4. The summed E-state index contributed by atoms with van der Waals surface area (Å²) in [6.07, 6.45) is 7.35. The van der Waals surface area contributed by atoms with Gasteiger partial charge in [0.05, 0.1) is 5.41 Å². The Hall–Kier alpha value is -0.570. The summed E-state index contributed by atoms with van der Waals surface area (Å²) < 4.78 is 0. The van der Waals surface area contributed by atoms with Crippen molar-refractivity contribution in [2.75, 3.05) is 13.1 Å². The molecular weight excluding hydrogens is 248 g/mol. The minimum atomic E-state index is -0.0722. The van der Waals surface area contributed by atoms with Gasteiger partial charge >= 0.3 is 0 Å². The van der Waals surface area contributed by atoms with E-state index in [1.165, 1.54) is 19.3 Å². The summed E-state index contributed by atoms with van der Waals surface area (Å²) in [5, 5.41) is 3.21. The molecule has 0 aliphatic heterocycles. The van der Waals surface area contributed by atoms with Crippen LogP contribution in [0.4, 0.5) is 0 Å². The van der Waals surface area contributed by atoms with Crippen LogP contribution in [0.2, 0.25) is 0 Å². The molecule has 114 valence electrons. The van der Waals surface area contributed by atoms with Crippen molar-refractivity contribution in [1.29, 1.82) is 0 Å². The lowest BCUT2D eigenvalue weighted by atomic mass is 9.40. The first-order valence-electron chi connectivity index (χ1n) is 8.27. The average Bonchev–Trinajstić information content (AvgIpc) is 2.30. The van der Waals surface area contributed by atoms with Crippen molar-refractivity contribution in [3.05, 3.63) is 0 Å². The second-order valence-electron chi connectivity index (χ2n) is 8.96. The van der Waals surface area contributed by atoms with Gasteiger partial charge in [0.25, 0.3) is 0 Å². The van der Waals surface area contributed by atoms with E-state index in [2.05, 4.69) is 26.1 Å². The number of carbonyl (C=O) groups is 1. The molecule has 4 fully saturated rings. The monoisotopic (exact) mass is 278 g/mol. The van der Waals surface area contributed by atoms with E-state index in [0.29, 0.717) is 29.2 Å². The van der Waals surface area contributed by atoms with Crippen LogP contribution in [-0.2, 0) is 4.79 Å². The van der Waals surface area contributed by atoms with Crippen LogP contribution >= 0.6 is 0 Å². The molecule has 4 bridgehead atoms. The molecule has 4 aliphatic rings. The molecule has 0 aromatic rings. The van der Waals surface area contributed by atoms with Gasteiger partial charge in [0.15, 0.2) is 0 Å². The number of hydrogen-bond donors (Lipinski definition) is 2. The Kier molecular flexibility index (Phi) is 3.20. The van der Waals surface area contributed by atoms with Gasteiger partial charge in [-0.25, -0.2) is 0 Å². The fourth-order valence-electron chi connectivity index (χ4n) is 6.24. The molecule has 1 amide bonds. The number of amides is 1. The summed E-state index contributed by atoms with van der Waals surface area (Å²) >= 11 is 0. The van der Waals surface area contributed by atoms with Gasteiger partial charge in [0.1, 0.15) is 0 Å². The third-order valence-electron chi connectivity index (χ3n) is 6.12. The predicted octanol–water partition coefficient (Wildman–Crippen LogP) is 2.69. The molecule has 3 atom stereocenters. The zero-order valence-corrected chi connectivity index (χ0v) is 13.3. The average molecular weight is 278 g/mol. The zero-order chi connectivity index (χ0) is 14.6. The van der Waals surface area contributed by atoms with E-state index < -0.39 is 0 Å². The maximum Gasteiger partial charge on any atom is 0.226 e. The highest BCUT2D eigenvalue weighted by Gasteiger charge is 2.62. The molecule has 4 aliphatic carbocycles. The fraction of sp³-hybridized carbons (Fsp3) is 0.941. The Bertz CT molecular complexity index is 401. The first-order chi connectivity index (χ1) is 9.28. The number of nitrogens with one attached hydrogen (secondary N) is 1. The molecule has 3 unspecified atom stereocenters. The number of nitrogens with two attached hydrogens (primary N) is 1. The molecular formula is C17H30N2O. The molecule has 0 saturated heterocycles. The lowest BCUT2D eigenvalue weighted by molar-refractivity contribution is -0.170. The summed E-state index contributed by atoms with van der Waals surface area (Å²) in [7, 11) is 0. The van der Waals surface area contributed by atoms with E-state index in [0.717, 1.165) is 31.7 Å². The van der Waals surface area contributed by atoms with Crippen LogP contribution in [0.3, 0.4) is 0 Å². The number of carbonyl (C=O) groups excluding carboxylic acids is 1. The van der Waals surface area contributed by atoms with E-state index in [1.54, 1.807) is 0 Å². The topological polar surface area (TPSA) is 55.1 Å². The number of hydrogen-bond acceptors (Lipinski definition) is 2. The minimum absolute atomic E-state index is 0.0722. The normalized spacial score (nSPS) is 47.3. The Morgan fingerprint density at radius 2 is 1.80 bits per heavy atom. The van der Waals surface area contributed by atoms with E-state index in [9.17, 15) is 4.79 Å². The van der Waals surface area contributed by atoms with Crippen molar-refractivity contribution in [1.82, 2.24) is 5.32 Å². The summed E-state index contributed by atoms with van der Waals surface area (Å²) in [4.78, 5) is 12.8. The van der Waals surface area contributed by atoms with E-state index in [1.807, 2.05) is 0 Å². The van der Waals surface area contributed by atoms with Gasteiger partial charge in [-0.1, -0.05) is 20.8 Å². The molecule has 0 heterocycles. The first-order valence-corrected chi connectivity index (χ1v) is 8.27. The van der Waals surface area contributed by atoms with Crippen LogP contribution in [0.1, 0.15) is 59.3 Å². The summed E-state index contributed by atoms with van der Waals surface area (Å²) in [6, 6.07) is 0. The van der Waals surface area contributed by atoms with Gasteiger partial charge in [-0.05, 0) is 67.7 Å². The van der Waals surface area contributed by atoms with Gasteiger partial charge in [-0.15, -0.1) is 0 Å². The highest BCUT2D eigenvalue weighted by molar-refractivity contribution is 5.83. The van der Waals surface area contributed by atoms with Gasteiger partial charge in [-0.3, -0.25) is 4.79 Å². The smallest absolute Gasteiger partial charge is 0.226 e. The Morgan fingerprint density at radius 3 is 2.30 bits per heavy atom. The van der Waals surface area contributed by atoms with E-state index in [-0.39, 0.29) is 5.41 Å². The van der Waals surface area contributed by atoms with Crippen molar-refractivity contribution in [3.63, 3.8) is 0 Å². The molecule has 3 heteroatoms. The molecule has 0 aromatic carbocycles. The maximum atomic E-state index is 12.8. The van der Waals surface area contributed by atoms with Crippen molar-refractivity contribution < 1.29 is 4.79 Å². The van der Waals surface area contributed by atoms with Crippen LogP contribution in [0.25, 0.3) is 0 Å². The van der Waals surface area contributed by atoms with Crippen LogP contribution in [-0.4, -0.2) is 19.0 Å².